The topological polar surface area (TPSA) is 84.9 Å². The van der Waals surface area contributed by atoms with Crippen LogP contribution in [0.4, 0.5) is 5.69 Å². The second kappa shape index (κ2) is 9.49. The Morgan fingerprint density at radius 3 is 2.43 bits per heavy atom. The number of nitrogens with zero attached hydrogens (tertiary/aromatic N) is 1. The van der Waals surface area contributed by atoms with E-state index in [0.29, 0.717) is 30.2 Å². The number of rotatable bonds is 7. The van der Waals surface area contributed by atoms with Gasteiger partial charge in [0.1, 0.15) is 0 Å². The number of nitrogens with one attached hydrogen (secondary N) is 1. The Morgan fingerprint density at radius 1 is 1.07 bits per heavy atom. The van der Waals surface area contributed by atoms with E-state index in [-0.39, 0.29) is 23.3 Å². The van der Waals surface area contributed by atoms with E-state index in [1.165, 1.54) is 11.4 Å². The van der Waals surface area contributed by atoms with E-state index < -0.39 is 10.0 Å². The fraction of sp³-hybridized carbons (Fsp3) is 0.409. The second-order valence-corrected chi connectivity index (χ2v) is 9.29. The number of hydrogen-bond acceptors (Lipinski definition) is 5. The third-order valence-electron chi connectivity index (χ3n) is 5.29. The monoisotopic (exact) mass is 432 g/mol. The number of aryl methyl sites for hydroxylation is 1. The van der Waals surface area contributed by atoms with Gasteiger partial charge in [-0.2, -0.15) is 4.31 Å². The minimum Gasteiger partial charge on any atom is -0.493 e. The van der Waals surface area contributed by atoms with Crippen LogP contribution in [0.5, 0.6) is 11.5 Å². The van der Waals surface area contributed by atoms with Gasteiger partial charge < -0.3 is 14.8 Å². The summed E-state index contributed by atoms with van der Waals surface area (Å²) >= 11 is 0. The van der Waals surface area contributed by atoms with Crippen LogP contribution in [0.25, 0.3) is 0 Å². The molecule has 8 heteroatoms. The first kappa shape index (κ1) is 22.1. The number of carbonyl (C=O) groups is 1. The van der Waals surface area contributed by atoms with Gasteiger partial charge in [0.2, 0.25) is 15.9 Å². The van der Waals surface area contributed by atoms with Crippen LogP contribution in [-0.2, 0) is 14.8 Å². The lowest BCUT2D eigenvalue weighted by Crippen LogP contribution is -2.45. The highest BCUT2D eigenvalue weighted by atomic mass is 32.2. The first-order valence-electron chi connectivity index (χ1n) is 9.95. The zero-order chi connectivity index (χ0) is 21.7. The van der Waals surface area contributed by atoms with Crippen LogP contribution >= 0.6 is 0 Å². The van der Waals surface area contributed by atoms with Gasteiger partial charge in [-0.15, -0.1) is 0 Å². The molecule has 7 nitrogen and oxygen atoms in total. The molecule has 30 heavy (non-hydrogen) atoms. The molecular formula is C22H28N2O5S. The number of carbonyl (C=O) groups excluding carboxylic acids is 1. The van der Waals surface area contributed by atoms with E-state index in [1.807, 2.05) is 6.92 Å². The number of methoxy groups -OCH3 is 2. The van der Waals surface area contributed by atoms with Crippen LogP contribution in [0.2, 0.25) is 0 Å². The Hall–Kier alpha value is -2.58. The summed E-state index contributed by atoms with van der Waals surface area (Å²) in [7, 11) is -0.578. The highest BCUT2D eigenvalue weighted by molar-refractivity contribution is 7.89. The van der Waals surface area contributed by atoms with Gasteiger partial charge in [0.05, 0.1) is 19.1 Å². The van der Waals surface area contributed by atoms with E-state index in [9.17, 15) is 13.2 Å². The van der Waals surface area contributed by atoms with Gasteiger partial charge in [-0.05, 0) is 44.0 Å². The van der Waals surface area contributed by atoms with Gasteiger partial charge >= 0.3 is 0 Å². The highest BCUT2D eigenvalue weighted by Gasteiger charge is 2.34. The molecule has 3 rings (SSSR count). The number of ether oxygens (including phenoxy) is 2. The Labute approximate surface area is 178 Å². The second-order valence-electron chi connectivity index (χ2n) is 7.40. The average molecular weight is 433 g/mol. The van der Waals surface area contributed by atoms with E-state index in [4.69, 9.17) is 9.47 Å². The Kier molecular flexibility index (Phi) is 6.99. The van der Waals surface area contributed by atoms with Gasteiger partial charge in [0.15, 0.2) is 11.5 Å². The van der Waals surface area contributed by atoms with E-state index in [2.05, 4.69) is 5.32 Å². The normalized spacial score (nSPS) is 17.4. The van der Waals surface area contributed by atoms with Crippen LogP contribution in [0.15, 0.2) is 47.4 Å². The molecule has 0 bridgehead atoms. The van der Waals surface area contributed by atoms with Gasteiger partial charge in [-0.25, -0.2) is 8.42 Å². The summed E-state index contributed by atoms with van der Waals surface area (Å²) in [5, 5.41) is 2.84. The molecule has 1 amide bonds. The number of benzene rings is 2. The van der Waals surface area contributed by atoms with E-state index in [1.54, 1.807) is 49.6 Å². The van der Waals surface area contributed by atoms with Crippen LogP contribution in [0.3, 0.4) is 0 Å². The molecular weight excluding hydrogens is 404 g/mol. The molecule has 1 N–H and O–H groups in total. The molecule has 0 radical (unpaired) electrons. The fourth-order valence-corrected chi connectivity index (χ4v) is 5.37. The largest absolute Gasteiger partial charge is 0.493 e. The van der Waals surface area contributed by atoms with Gasteiger partial charge in [0, 0.05) is 30.8 Å². The molecule has 0 aromatic heterocycles. The van der Waals surface area contributed by atoms with Crippen molar-refractivity contribution < 1.29 is 22.7 Å². The lowest BCUT2D eigenvalue weighted by molar-refractivity contribution is -0.117. The standard InChI is InChI=1S/C22H28N2O5S/c1-16-7-10-19(11-8-16)30(26,27)24-13-5-4-6-18(24)15-22(25)23-17-9-12-20(28-2)21(14-17)29-3/h7-12,14,18H,4-6,13,15H2,1-3H3,(H,23,25)/t18-/m1/s1. The number of anilines is 1. The summed E-state index contributed by atoms with van der Waals surface area (Å²) in [6.45, 7) is 2.34. The molecule has 1 fully saturated rings. The Balaban J connectivity index is 1.74. The van der Waals surface area contributed by atoms with Crippen LogP contribution in [0, 0.1) is 6.92 Å². The maximum Gasteiger partial charge on any atom is 0.243 e. The van der Waals surface area contributed by atoms with Crippen molar-refractivity contribution >= 4 is 21.6 Å². The van der Waals surface area contributed by atoms with Crippen molar-refractivity contribution in [3.63, 3.8) is 0 Å². The molecule has 2 aromatic carbocycles. The number of piperidine rings is 1. The fourth-order valence-electron chi connectivity index (χ4n) is 3.68. The Bertz CT molecular complexity index is 989. The van der Waals surface area contributed by atoms with E-state index >= 15 is 0 Å². The zero-order valence-corrected chi connectivity index (χ0v) is 18.4. The molecule has 0 spiro atoms. The van der Waals surface area contributed by atoms with E-state index in [0.717, 1.165) is 18.4 Å². The zero-order valence-electron chi connectivity index (χ0n) is 17.6. The van der Waals surface area contributed by atoms with Crippen molar-refractivity contribution in [2.24, 2.45) is 0 Å². The maximum atomic E-state index is 13.2. The smallest absolute Gasteiger partial charge is 0.243 e. The molecule has 0 unspecified atom stereocenters. The summed E-state index contributed by atoms with van der Waals surface area (Å²) in [4.78, 5) is 12.9. The minimum absolute atomic E-state index is 0.0967. The van der Waals surface area contributed by atoms with Crippen molar-refractivity contribution in [1.29, 1.82) is 0 Å². The molecule has 0 aliphatic carbocycles. The van der Waals surface area contributed by atoms with Crippen molar-refractivity contribution in [1.82, 2.24) is 4.31 Å². The average Bonchev–Trinajstić information content (AvgIpc) is 2.74. The number of sulfonamides is 1. The highest BCUT2D eigenvalue weighted by Crippen LogP contribution is 2.31. The van der Waals surface area contributed by atoms with Crippen LogP contribution in [-0.4, -0.2) is 45.4 Å². The van der Waals surface area contributed by atoms with Crippen molar-refractivity contribution in [2.75, 3.05) is 26.1 Å². The summed E-state index contributed by atoms with van der Waals surface area (Å²) in [6.07, 6.45) is 2.44. The Morgan fingerprint density at radius 2 is 1.77 bits per heavy atom. The molecule has 1 aliphatic heterocycles. The first-order valence-corrected chi connectivity index (χ1v) is 11.4. The van der Waals surface area contributed by atoms with Gasteiger partial charge in [-0.1, -0.05) is 24.1 Å². The molecule has 0 saturated carbocycles. The van der Waals surface area contributed by atoms with Crippen LogP contribution < -0.4 is 14.8 Å². The quantitative estimate of drug-likeness (QED) is 0.723. The molecule has 1 saturated heterocycles. The minimum atomic E-state index is -3.65. The molecule has 162 valence electrons. The molecule has 1 atom stereocenters. The predicted molar refractivity (Wildman–Crippen MR) is 116 cm³/mol. The van der Waals surface area contributed by atoms with Gasteiger partial charge in [-0.3, -0.25) is 4.79 Å². The SMILES string of the molecule is COc1ccc(NC(=O)C[C@H]2CCCCN2S(=O)(=O)c2ccc(C)cc2)cc1OC. The molecule has 1 aliphatic rings. The van der Waals surface area contributed by atoms with Crippen LogP contribution in [0.1, 0.15) is 31.2 Å². The summed E-state index contributed by atoms with van der Waals surface area (Å²) in [5.41, 5.74) is 1.57. The first-order chi connectivity index (χ1) is 14.3. The third-order valence-corrected chi connectivity index (χ3v) is 7.26. The number of hydrogen-bond donors (Lipinski definition) is 1. The van der Waals surface area contributed by atoms with Crippen molar-refractivity contribution in [3.05, 3.63) is 48.0 Å². The van der Waals surface area contributed by atoms with Gasteiger partial charge in [0.25, 0.3) is 0 Å². The van der Waals surface area contributed by atoms with Crippen molar-refractivity contribution in [2.45, 2.75) is 43.5 Å². The molecule has 1 heterocycles. The maximum absolute atomic E-state index is 13.2. The van der Waals surface area contributed by atoms with Crippen molar-refractivity contribution in [3.8, 4) is 11.5 Å². The number of amides is 1. The lowest BCUT2D eigenvalue weighted by atomic mass is 10.0. The third kappa shape index (κ3) is 4.94. The molecule has 2 aromatic rings. The summed E-state index contributed by atoms with van der Waals surface area (Å²) < 4.78 is 38.3. The summed E-state index contributed by atoms with van der Waals surface area (Å²) in [6, 6.07) is 11.6. The summed E-state index contributed by atoms with van der Waals surface area (Å²) in [5.74, 6) is 0.841. The predicted octanol–water partition coefficient (Wildman–Crippen LogP) is 3.58. The lowest BCUT2D eigenvalue weighted by Gasteiger charge is -2.34.